The second kappa shape index (κ2) is 7.53. The molecule has 2 aromatic carbocycles. The van der Waals surface area contributed by atoms with Crippen molar-refractivity contribution >= 4 is 28.6 Å². The van der Waals surface area contributed by atoms with E-state index >= 15 is 0 Å². The molecular formula is C18H15ClFN3O3. The van der Waals surface area contributed by atoms with E-state index in [4.69, 9.17) is 16.7 Å². The third kappa shape index (κ3) is 3.67. The molecule has 0 aliphatic heterocycles. The van der Waals surface area contributed by atoms with Crippen LogP contribution in [0.5, 0.6) is 0 Å². The van der Waals surface area contributed by atoms with Gasteiger partial charge in [-0.1, -0.05) is 17.7 Å². The summed E-state index contributed by atoms with van der Waals surface area (Å²) in [5.74, 6) is 0.0318. The van der Waals surface area contributed by atoms with E-state index in [0.29, 0.717) is 29.9 Å². The molecule has 6 nitrogen and oxygen atoms in total. The smallest absolute Gasteiger partial charge is 0.404 e. The van der Waals surface area contributed by atoms with Gasteiger partial charge in [0.05, 0.1) is 21.6 Å². The Balaban J connectivity index is 2.11. The van der Waals surface area contributed by atoms with Gasteiger partial charge in [-0.05, 0) is 42.8 Å². The van der Waals surface area contributed by atoms with E-state index in [1.165, 1.54) is 28.8 Å². The normalized spacial score (nSPS) is 10.8. The van der Waals surface area contributed by atoms with Gasteiger partial charge < -0.3 is 10.4 Å². The summed E-state index contributed by atoms with van der Waals surface area (Å²) in [4.78, 5) is 28.1. The van der Waals surface area contributed by atoms with Gasteiger partial charge in [0.1, 0.15) is 11.6 Å². The number of fused-ring (bicyclic) bond motifs is 1. The number of benzene rings is 2. The summed E-state index contributed by atoms with van der Waals surface area (Å²) in [6, 6.07) is 10.5. The van der Waals surface area contributed by atoms with Crippen LogP contribution in [0.1, 0.15) is 12.2 Å². The lowest BCUT2D eigenvalue weighted by molar-refractivity contribution is 0.194. The van der Waals surface area contributed by atoms with Crippen LogP contribution in [-0.4, -0.2) is 27.3 Å². The first kappa shape index (κ1) is 17.9. The van der Waals surface area contributed by atoms with Gasteiger partial charge in [-0.25, -0.2) is 14.2 Å². The van der Waals surface area contributed by atoms with E-state index in [9.17, 15) is 14.0 Å². The Morgan fingerprint density at radius 2 is 1.96 bits per heavy atom. The molecular weight excluding hydrogens is 361 g/mol. The number of aromatic nitrogens is 2. The summed E-state index contributed by atoms with van der Waals surface area (Å²) in [6.07, 6.45) is -0.305. The van der Waals surface area contributed by atoms with Crippen molar-refractivity contribution in [1.29, 1.82) is 0 Å². The number of nitrogens with one attached hydrogen (secondary N) is 1. The van der Waals surface area contributed by atoms with Gasteiger partial charge in [-0.15, -0.1) is 0 Å². The highest BCUT2D eigenvalue weighted by Gasteiger charge is 2.15. The third-order valence-electron chi connectivity index (χ3n) is 3.85. The molecule has 1 aromatic heterocycles. The molecule has 134 valence electrons. The van der Waals surface area contributed by atoms with Crippen LogP contribution in [0.2, 0.25) is 5.02 Å². The van der Waals surface area contributed by atoms with Crippen LogP contribution in [0, 0.1) is 5.82 Å². The number of aryl methyl sites for hydroxylation is 1. The van der Waals surface area contributed by atoms with Crippen LogP contribution < -0.4 is 10.9 Å². The molecule has 26 heavy (non-hydrogen) atoms. The predicted molar refractivity (Wildman–Crippen MR) is 96.7 cm³/mol. The van der Waals surface area contributed by atoms with Crippen molar-refractivity contribution in [3.8, 4) is 5.69 Å². The monoisotopic (exact) mass is 375 g/mol. The molecule has 1 heterocycles. The van der Waals surface area contributed by atoms with Crippen LogP contribution in [0.4, 0.5) is 9.18 Å². The maximum Gasteiger partial charge on any atom is 0.404 e. The lowest BCUT2D eigenvalue weighted by Gasteiger charge is -2.14. The van der Waals surface area contributed by atoms with Crippen molar-refractivity contribution in [2.24, 2.45) is 0 Å². The van der Waals surface area contributed by atoms with Crippen LogP contribution >= 0.6 is 11.6 Å². The quantitative estimate of drug-likeness (QED) is 0.669. The predicted octanol–water partition coefficient (Wildman–Crippen LogP) is 3.38. The first-order valence-electron chi connectivity index (χ1n) is 7.90. The average molecular weight is 376 g/mol. The van der Waals surface area contributed by atoms with Crippen LogP contribution in [0.3, 0.4) is 0 Å². The number of rotatable bonds is 5. The molecule has 0 aliphatic carbocycles. The number of hydrogen-bond donors (Lipinski definition) is 2. The average Bonchev–Trinajstić information content (AvgIpc) is 2.60. The molecule has 0 bridgehead atoms. The van der Waals surface area contributed by atoms with Crippen LogP contribution in [0.25, 0.3) is 16.6 Å². The van der Waals surface area contributed by atoms with E-state index < -0.39 is 11.9 Å². The maximum absolute atomic E-state index is 13.3. The molecule has 2 N–H and O–H groups in total. The SMILES string of the molecule is O=C(O)NCCCc1nc2cccc(Cl)c2c(=O)n1-c1ccc(F)cc1. The minimum atomic E-state index is -1.11. The molecule has 0 atom stereocenters. The Kier molecular flexibility index (Phi) is 5.18. The van der Waals surface area contributed by atoms with E-state index in [-0.39, 0.29) is 22.5 Å². The molecule has 0 saturated carbocycles. The number of carbonyl (C=O) groups is 1. The minimum Gasteiger partial charge on any atom is -0.465 e. The topological polar surface area (TPSA) is 84.2 Å². The summed E-state index contributed by atoms with van der Waals surface area (Å²) in [5.41, 5.74) is 0.572. The fourth-order valence-electron chi connectivity index (χ4n) is 2.70. The Morgan fingerprint density at radius 3 is 2.65 bits per heavy atom. The van der Waals surface area contributed by atoms with Crippen molar-refractivity contribution in [1.82, 2.24) is 14.9 Å². The Hall–Kier alpha value is -2.93. The van der Waals surface area contributed by atoms with Crippen molar-refractivity contribution in [3.05, 3.63) is 69.5 Å². The highest BCUT2D eigenvalue weighted by atomic mass is 35.5. The zero-order chi connectivity index (χ0) is 18.7. The molecule has 0 spiro atoms. The molecule has 0 saturated heterocycles. The highest BCUT2D eigenvalue weighted by Crippen LogP contribution is 2.21. The summed E-state index contributed by atoms with van der Waals surface area (Å²) in [7, 11) is 0. The second-order valence-electron chi connectivity index (χ2n) is 5.61. The summed E-state index contributed by atoms with van der Waals surface area (Å²) in [5, 5.41) is 11.5. The van der Waals surface area contributed by atoms with Gasteiger partial charge in [0.25, 0.3) is 5.56 Å². The minimum absolute atomic E-state index is 0.224. The molecule has 0 radical (unpaired) electrons. The molecule has 8 heteroatoms. The molecule has 0 unspecified atom stereocenters. The van der Waals surface area contributed by atoms with Crippen LogP contribution in [0.15, 0.2) is 47.3 Å². The first-order chi connectivity index (χ1) is 12.5. The van der Waals surface area contributed by atoms with Gasteiger partial charge in [0.2, 0.25) is 0 Å². The molecule has 0 aliphatic rings. The number of nitrogens with zero attached hydrogens (tertiary/aromatic N) is 2. The zero-order valence-electron chi connectivity index (χ0n) is 13.6. The van der Waals surface area contributed by atoms with Crippen molar-refractivity contribution < 1.29 is 14.3 Å². The zero-order valence-corrected chi connectivity index (χ0v) is 14.3. The summed E-state index contributed by atoms with van der Waals surface area (Å²) >= 11 is 6.17. The van der Waals surface area contributed by atoms with E-state index in [1.54, 1.807) is 18.2 Å². The van der Waals surface area contributed by atoms with Crippen molar-refractivity contribution in [2.75, 3.05) is 6.54 Å². The Bertz CT molecular complexity index is 1020. The molecule has 3 aromatic rings. The van der Waals surface area contributed by atoms with E-state index in [2.05, 4.69) is 10.3 Å². The van der Waals surface area contributed by atoms with Gasteiger partial charge >= 0.3 is 6.09 Å². The Morgan fingerprint density at radius 1 is 1.23 bits per heavy atom. The van der Waals surface area contributed by atoms with Crippen LogP contribution in [-0.2, 0) is 6.42 Å². The van der Waals surface area contributed by atoms with E-state index in [1.807, 2.05) is 0 Å². The van der Waals surface area contributed by atoms with Crippen molar-refractivity contribution in [2.45, 2.75) is 12.8 Å². The largest absolute Gasteiger partial charge is 0.465 e. The van der Waals surface area contributed by atoms with Gasteiger partial charge in [-0.3, -0.25) is 9.36 Å². The van der Waals surface area contributed by atoms with Gasteiger partial charge in [0, 0.05) is 13.0 Å². The highest BCUT2D eigenvalue weighted by molar-refractivity contribution is 6.35. The second-order valence-corrected chi connectivity index (χ2v) is 6.02. The number of halogens is 2. The first-order valence-corrected chi connectivity index (χ1v) is 8.28. The lowest BCUT2D eigenvalue weighted by Crippen LogP contribution is -2.26. The van der Waals surface area contributed by atoms with Gasteiger partial charge in [0.15, 0.2) is 0 Å². The Labute approximate surface area is 152 Å². The molecule has 1 amide bonds. The molecule has 0 fully saturated rings. The van der Waals surface area contributed by atoms with E-state index in [0.717, 1.165) is 0 Å². The third-order valence-corrected chi connectivity index (χ3v) is 4.17. The number of amides is 1. The van der Waals surface area contributed by atoms with Gasteiger partial charge in [-0.2, -0.15) is 0 Å². The number of hydrogen-bond acceptors (Lipinski definition) is 3. The molecule has 3 rings (SSSR count). The number of carboxylic acid groups (broad SMARTS) is 1. The summed E-state index contributed by atoms with van der Waals surface area (Å²) in [6.45, 7) is 0.224. The standard InChI is InChI=1S/C18H15ClFN3O3/c19-13-3-1-4-14-16(13)17(24)23(12-8-6-11(20)7-9-12)15(22-14)5-2-10-21-18(25)26/h1,3-4,6-9,21H,2,5,10H2,(H,25,26). The fraction of sp³-hybridized carbons (Fsp3) is 0.167. The maximum atomic E-state index is 13.3. The van der Waals surface area contributed by atoms with Crippen molar-refractivity contribution in [3.63, 3.8) is 0 Å². The fourth-order valence-corrected chi connectivity index (χ4v) is 2.95. The lowest BCUT2D eigenvalue weighted by atomic mass is 10.2. The summed E-state index contributed by atoms with van der Waals surface area (Å²) < 4.78 is 14.6.